The lowest BCUT2D eigenvalue weighted by Crippen LogP contribution is -2.28. The third kappa shape index (κ3) is 3.70. The summed E-state index contributed by atoms with van der Waals surface area (Å²) in [5, 5.41) is 5.46. The lowest BCUT2D eigenvalue weighted by molar-refractivity contribution is 0.0937. The van der Waals surface area contributed by atoms with Gasteiger partial charge in [-0.3, -0.25) is 9.59 Å². The number of halogens is 1. The van der Waals surface area contributed by atoms with Gasteiger partial charge < -0.3 is 15.2 Å². The minimum atomic E-state index is -0.427. The molecule has 7 heteroatoms. The first kappa shape index (κ1) is 17.1. The average Bonchev–Trinajstić information content (AvgIpc) is 2.99. The lowest BCUT2D eigenvalue weighted by Gasteiger charge is -2.17. The zero-order valence-electron chi connectivity index (χ0n) is 14.1. The second kappa shape index (κ2) is 7.46. The summed E-state index contributed by atoms with van der Waals surface area (Å²) in [5.74, 6) is -0.850. The molecule has 2 amide bonds. The van der Waals surface area contributed by atoms with Gasteiger partial charge in [0.1, 0.15) is 5.82 Å². The fourth-order valence-electron chi connectivity index (χ4n) is 2.97. The summed E-state index contributed by atoms with van der Waals surface area (Å²) in [6.07, 6.45) is 3.41. The van der Waals surface area contributed by atoms with Crippen molar-refractivity contribution in [3.05, 3.63) is 47.3 Å². The monoisotopic (exact) mass is 344 g/mol. The molecule has 0 aliphatic carbocycles. The van der Waals surface area contributed by atoms with E-state index in [4.69, 9.17) is 0 Å². The number of nitrogens with zero attached hydrogens (tertiary/aromatic N) is 2. The number of nitrogens with one attached hydrogen (secondary N) is 2. The van der Waals surface area contributed by atoms with E-state index in [0.29, 0.717) is 25.2 Å². The fraction of sp³-hybridized carbons (Fsp3) is 0.389. The van der Waals surface area contributed by atoms with Crippen LogP contribution in [0.1, 0.15) is 53.0 Å². The van der Waals surface area contributed by atoms with Crippen LogP contribution in [0.4, 0.5) is 10.1 Å². The molecule has 132 valence electrons. The number of fused-ring (bicyclic) bond motifs is 1. The largest absolute Gasteiger partial charge is 0.349 e. The lowest BCUT2D eigenvalue weighted by atomic mass is 10.1. The van der Waals surface area contributed by atoms with Gasteiger partial charge in [0.05, 0.1) is 5.69 Å². The van der Waals surface area contributed by atoms with Gasteiger partial charge in [0.25, 0.3) is 11.8 Å². The van der Waals surface area contributed by atoms with Crippen molar-refractivity contribution in [3.8, 4) is 0 Å². The maximum absolute atomic E-state index is 13.3. The summed E-state index contributed by atoms with van der Waals surface area (Å²) in [6, 6.07) is 5.69. The van der Waals surface area contributed by atoms with E-state index in [1.807, 2.05) is 11.5 Å². The minimum Gasteiger partial charge on any atom is -0.349 e. The van der Waals surface area contributed by atoms with Crippen LogP contribution in [-0.2, 0) is 13.0 Å². The Hall–Kier alpha value is -2.70. The van der Waals surface area contributed by atoms with E-state index < -0.39 is 11.7 Å². The highest BCUT2D eigenvalue weighted by Crippen LogP contribution is 2.22. The normalized spacial score (nSPS) is 13.2. The molecule has 3 rings (SSSR count). The number of aromatic nitrogens is 2. The van der Waals surface area contributed by atoms with Gasteiger partial charge in [-0.15, -0.1) is 0 Å². The van der Waals surface area contributed by atoms with Crippen molar-refractivity contribution in [2.24, 2.45) is 0 Å². The van der Waals surface area contributed by atoms with E-state index in [1.165, 1.54) is 18.2 Å². The van der Waals surface area contributed by atoms with E-state index in [2.05, 4.69) is 15.6 Å². The maximum atomic E-state index is 13.3. The molecule has 0 saturated heterocycles. The number of carbonyl (C=O) groups is 2. The second-order valence-corrected chi connectivity index (χ2v) is 6.06. The van der Waals surface area contributed by atoms with Crippen molar-refractivity contribution in [3.63, 3.8) is 0 Å². The van der Waals surface area contributed by atoms with Gasteiger partial charge in [0.2, 0.25) is 0 Å². The van der Waals surface area contributed by atoms with E-state index in [-0.39, 0.29) is 17.4 Å². The number of rotatable bonds is 5. The van der Waals surface area contributed by atoms with Gasteiger partial charge in [0.15, 0.2) is 11.5 Å². The van der Waals surface area contributed by atoms with Gasteiger partial charge in [-0.25, -0.2) is 9.37 Å². The number of benzene rings is 1. The van der Waals surface area contributed by atoms with Crippen LogP contribution in [-0.4, -0.2) is 27.9 Å². The Morgan fingerprint density at radius 3 is 2.88 bits per heavy atom. The Kier molecular flexibility index (Phi) is 5.11. The predicted molar refractivity (Wildman–Crippen MR) is 92.1 cm³/mol. The summed E-state index contributed by atoms with van der Waals surface area (Å²) < 4.78 is 15.1. The quantitative estimate of drug-likeness (QED) is 0.876. The van der Waals surface area contributed by atoms with Gasteiger partial charge >= 0.3 is 0 Å². The first-order chi connectivity index (χ1) is 12.1. The van der Waals surface area contributed by atoms with Crippen LogP contribution in [0.25, 0.3) is 0 Å². The molecule has 0 spiro atoms. The summed E-state index contributed by atoms with van der Waals surface area (Å²) in [5.41, 5.74) is 1.37. The summed E-state index contributed by atoms with van der Waals surface area (Å²) in [6.45, 7) is 3.20. The smallest absolute Gasteiger partial charge is 0.287 e. The highest BCUT2D eigenvalue weighted by molar-refractivity contribution is 6.05. The van der Waals surface area contributed by atoms with Crippen molar-refractivity contribution in [1.82, 2.24) is 14.9 Å². The van der Waals surface area contributed by atoms with Crippen LogP contribution >= 0.6 is 0 Å². The number of amides is 2. The Morgan fingerprint density at radius 2 is 2.12 bits per heavy atom. The molecule has 0 atom stereocenters. The number of carbonyl (C=O) groups excluding carboxylic acids is 2. The van der Waals surface area contributed by atoms with Crippen LogP contribution in [0.3, 0.4) is 0 Å². The summed E-state index contributed by atoms with van der Waals surface area (Å²) in [7, 11) is 0. The SMILES string of the molecule is CCCNC(=O)c1nc(C(=O)Nc2cccc(F)c2)c2n1CCCC2. The molecule has 0 fully saturated rings. The molecular formula is C18H21FN4O2. The van der Waals surface area contributed by atoms with E-state index in [0.717, 1.165) is 25.0 Å². The molecule has 0 saturated carbocycles. The van der Waals surface area contributed by atoms with Crippen LogP contribution in [0, 0.1) is 5.82 Å². The predicted octanol–water partition coefficient (Wildman–Crippen LogP) is 2.75. The summed E-state index contributed by atoms with van der Waals surface area (Å²) in [4.78, 5) is 29.3. The minimum absolute atomic E-state index is 0.241. The van der Waals surface area contributed by atoms with Gasteiger partial charge in [-0.2, -0.15) is 0 Å². The number of anilines is 1. The van der Waals surface area contributed by atoms with Crippen LogP contribution < -0.4 is 10.6 Å². The molecule has 1 aliphatic rings. The highest BCUT2D eigenvalue weighted by atomic mass is 19.1. The van der Waals surface area contributed by atoms with Crippen molar-refractivity contribution in [1.29, 1.82) is 0 Å². The molecule has 0 bridgehead atoms. The second-order valence-electron chi connectivity index (χ2n) is 6.06. The maximum Gasteiger partial charge on any atom is 0.287 e. The molecule has 1 aliphatic heterocycles. The first-order valence-electron chi connectivity index (χ1n) is 8.54. The van der Waals surface area contributed by atoms with E-state index in [9.17, 15) is 14.0 Å². The van der Waals surface area contributed by atoms with Crippen LogP contribution in [0.15, 0.2) is 24.3 Å². The van der Waals surface area contributed by atoms with Crippen molar-refractivity contribution >= 4 is 17.5 Å². The van der Waals surface area contributed by atoms with Gasteiger partial charge in [-0.1, -0.05) is 13.0 Å². The van der Waals surface area contributed by atoms with Gasteiger partial charge in [0, 0.05) is 18.8 Å². The molecule has 2 N–H and O–H groups in total. The molecule has 1 aromatic heterocycles. The van der Waals surface area contributed by atoms with Gasteiger partial charge in [-0.05, 0) is 43.9 Å². The Bertz CT molecular complexity index is 800. The van der Waals surface area contributed by atoms with Crippen LogP contribution in [0.2, 0.25) is 0 Å². The Labute approximate surface area is 145 Å². The van der Waals surface area contributed by atoms with Crippen molar-refractivity contribution in [2.45, 2.75) is 39.2 Å². The van der Waals surface area contributed by atoms with E-state index >= 15 is 0 Å². The third-order valence-corrected chi connectivity index (χ3v) is 4.15. The number of hydrogen-bond donors (Lipinski definition) is 2. The molecule has 6 nitrogen and oxygen atoms in total. The van der Waals surface area contributed by atoms with Crippen LogP contribution in [0.5, 0.6) is 0 Å². The Morgan fingerprint density at radius 1 is 1.28 bits per heavy atom. The zero-order chi connectivity index (χ0) is 17.8. The number of imidazole rings is 1. The van der Waals surface area contributed by atoms with E-state index in [1.54, 1.807) is 6.07 Å². The first-order valence-corrected chi connectivity index (χ1v) is 8.54. The zero-order valence-corrected chi connectivity index (χ0v) is 14.1. The topological polar surface area (TPSA) is 76.0 Å². The van der Waals surface area contributed by atoms with Crippen molar-refractivity contribution in [2.75, 3.05) is 11.9 Å². The average molecular weight is 344 g/mol. The highest BCUT2D eigenvalue weighted by Gasteiger charge is 2.27. The standard InChI is InChI=1S/C18H21FN4O2/c1-2-9-20-18(25)16-22-15(14-8-3-4-10-23(14)16)17(24)21-13-7-5-6-12(19)11-13/h5-7,11H,2-4,8-10H2,1H3,(H,20,25)(H,21,24). The fourth-order valence-corrected chi connectivity index (χ4v) is 2.97. The Balaban J connectivity index is 1.89. The molecule has 25 heavy (non-hydrogen) atoms. The molecule has 1 aromatic carbocycles. The summed E-state index contributed by atoms with van der Waals surface area (Å²) >= 11 is 0. The molecular weight excluding hydrogens is 323 g/mol. The molecule has 2 aromatic rings. The molecule has 0 unspecified atom stereocenters. The molecule has 2 heterocycles. The third-order valence-electron chi connectivity index (χ3n) is 4.15. The molecule has 0 radical (unpaired) electrons. The number of hydrogen-bond acceptors (Lipinski definition) is 3. The van der Waals surface area contributed by atoms with Crippen molar-refractivity contribution < 1.29 is 14.0 Å².